The van der Waals surface area contributed by atoms with Gasteiger partial charge >= 0.3 is 12.6 Å². The molecular weight excluding hydrogens is 428 g/mol. The summed E-state index contributed by atoms with van der Waals surface area (Å²) in [5.74, 6) is -1.83. The van der Waals surface area contributed by atoms with Crippen LogP contribution in [0.25, 0.3) is 21.1 Å². The number of aliphatic carboxylic acids is 1. The molecule has 2 aromatic carbocycles. The van der Waals surface area contributed by atoms with Crippen LogP contribution >= 0.6 is 11.3 Å². The van der Waals surface area contributed by atoms with E-state index in [9.17, 15) is 23.8 Å². The maximum atomic E-state index is 13.1. The molecule has 0 aliphatic carbocycles. The molecule has 4 rings (SSSR count). The number of hydrogen-bond donors (Lipinski definition) is 2. The van der Waals surface area contributed by atoms with Gasteiger partial charge in [-0.05, 0) is 58.1 Å². The Labute approximate surface area is 179 Å². The summed E-state index contributed by atoms with van der Waals surface area (Å²) in [6.45, 7) is -1.51. The third kappa shape index (κ3) is 3.84. The Morgan fingerprint density at radius 3 is 2.77 bits per heavy atom. The van der Waals surface area contributed by atoms with E-state index in [1.54, 1.807) is 20.0 Å². The van der Waals surface area contributed by atoms with Crippen LogP contribution < -0.4 is 4.74 Å². The molecule has 162 valence electrons. The molecule has 0 radical (unpaired) electrons. The molecule has 1 atom stereocenters. The van der Waals surface area contributed by atoms with Crippen molar-refractivity contribution >= 4 is 38.4 Å². The van der Waals surface area contributed by atoms with Crippen LogP contribution in [0.3, 0.4) is 0 Å². The second-order valence-corrected chi connectivity index (χ2v) is 8.12. The van der Waals surface area contributed by atoms with Gasteiger partial charge in [0.05, 0.1) is 13.0 Å². The van der Waals surface area contributed by atoms with Crippen LogP contribution in [0.2, 0.25) is 0 Å². The highest BCUT2D eigenvalue weighted by atomic mass is 32.1. The molecule has 7 nitrogen and oxygen atoms in total. The number of aliphatic hydroxyl groups excluding tert-OH is 1. The maximum Gasteiger partial charge on any atom is 0.387 e. The van der Waals surface area contributed by atoms with Gasteiger partial charge in [-0.25, -0.2) is 4.68 Å². The maximum absolute atomic E-state index is 13.1. The average Bonchev–Trinajstić information content (AvgIpc) is 3.34. The molecule has 0 aliphatic heterocycles. The number of benzene rings is 2. The van der Waals surface area contributed by atoms with Crippen LogP contribution in [0.5, 0.6) is 5.75 Å². The van der Waals surface area contributed by atoms with Gasteiger partial charge in [-0.2, -0.15) is 8.78 Å². The second-order valence-electron chi connectivity index (χ2n) is 7.21. The summed E-state index contributed by atoms with van der Waals surface area (Å²) < 4.78 is 33.2. The summed E-state index contributed by atoms with van der Waals surface area (Å²) in [5, 5.41) is 30.2. The number of nitrogens with zero attached hydrogens (tertiary/aromatic N) is 3. The molecule has 0 fully saturated rings. The number of thiophene rings is 1. The molecule has 1 unspecified atom stereocenters. The number of hydrogen-bond acceptors (Lipinski definition) is 6. The molecule has 2 heterocycles. The minimum Gasteiger partial charge on any atom is -0.481 e. The number of carboxylic acids is 1. The van der Waals surface area contributed by atoms with Crippen molar-refractivity contribution in [3.05, 3.63) is 51.9 Å². The quantitative estimate of drug-likeness (QED) is 0.441. The molecule has 0 aliphatic rings. The van der Waals surface area contributed by atoms with Crippen molar-refractivity contribution < 1.29 is 28.5 Å². The van der Waals surface area contributed by atoms with Crippen molar-refractivity contribution in [2.45, 2.75) is 32.5 Å². The highest BCUT2D eigenvalue weighted by Crippen LogP contribution is 2.40. The fraction of sp³-hybridized carbons (Fsp3) is 0.286. The lowest BCUT2D eigenvalue weighted by Gasteiger charge is -2.21. The Kier molecular flexibility index (Phi) is 5.59. The summed E-state index contributed by atoms with van der Waals surface area (Å²) in [6, 6.07) is 6.97. The van der Waals surface area contributed by atoms with Crippen LogP contribution in [-0.4, -0.2) is 37.8 Å². The standard InChI is InChI=1S/C21H19F2N3O4S/c1-10-14(7-16(30-21(22)23)19-18(10)24-25-26(19)2)15(8-17(28)29)12-5-11-3-4-31-20(11)13(6-12)9-27/h3-7,15,21,27H,8-9H2,1-2H3,(H,28,29). The number of rotatable bonds is 7. The van der Waals surface area contributed by atoms with Crippen molar-refractivity contribution in [1.29, 1.82) is 0 Å². The van der Waals surface area contributed by atoms with E-state index >= 15 is 0 Å². The molecule has 0 amide bonds. The summed E-state index contributed by atoms with van der Waals surface area (Å²) in [5.41, 5.74) is 3.15. The van der Waals surface area contributed by atoms with Crippen LogP contribution in [0.4, 0.5) is 8.78 Å². The summed E-state index contributed by atoms with van der Waals surface area (Å²) in [4.78, 5) is 11.7. The molecule has 0 bridgehead atoms. The van der Waals surface area contributed by atoms with Crippen molar-refractivity contribution in [3.8, 4) is 5.75 Å². The number of aliphatic hydroxyl groups is 1. The normalized spacial score (nSPS) is 12.7. The lowest BCUT2D eigenvalue weighted by atomic mass is 9.84. The Morgan fingerprint density at radius 1 is 1.32 bits per heavy atom. The largest absolute Gasteiger partial charge is 0.481 e. The number of fused-ring (bicyclic) bond motifs is 2. The number of aryl methyl sites for hydroxylation is 2. The SMILES string of the molecule is Cc1c(C(CC(=O)O)c2cc(CO)c3sccc3c2)cc(OC(F)F)c2c1nnn2C. The molecule has 0 spiro atoms. The number of halogens is 2. The van der Waals surface area contributed by atoms with E-state index in [0.717, 1.165) is 10.1 Å². The third-order valence-corrected chi connectivity index (χ3v) is 6.33. The minimum absolute atomic E-state index is 0.118. The zero-order chi connectivity index (χ0) is 22.3. The predicted molar refractivity (Wildman–Crippen MR) is 112 cm³/mol. The first-order valence-corrected chi connectivity index (χ1v) is 10.3. The highest BCUT2D eigenvalue weighted by molar-refractivity contribution is 7.17. The fourth-order valence-electron chi connectivity index (χ4n) is 3.97. The van der Waals surface area contributed by atoms with Gasteiger partial charge in [0, 0.05) is 17.7 Å². The topological polar surface area (TPSA) is 97.5 Å². The van der Waals surface area contributed by atoms with E-state index in [-0.39, 0.29) is 18.8 Å². The van der Waals surface area contributed by atoms with Gasteiger partial charge in [-0.1, -0.05) is 11.3 Å². The molecule has 2 N–H and O–H groups in total. The number of carbonyl (C=O) groups is 1. The first-order valence-electron chi connectivity index (χ1n) is 9.40. The van der Waals surface area contributed by atoms with E-state index in [2.05, 4.69) is 10.3 Å². The number of aromatic nitrogens is 3. The van der Waals surface area contributed by atoms with Crippen molar-refractivity contribution in [3.63, 3.8) is 0 Å². The van der Waals surface area contributed by atoms with E-state index in [4.69, 9.17) is 4.74 Å². The molecule has 4 aromatic rings. The van der Waals surface area contributed by atoms with Crippen molar-refractivity contribution in [2.24, 2.45) is 7.05 Å². The Hall–Kier alpha value is -3.11. The molecule has 0 saturated carbocycles. The molecule has 2 aromatic heterocycles. The van der Waals surface area contributed by atoms with Crippen LogP contribution in [0, 0.1) is 6.92 Å². The number of alkyl halides is 2. The van der Waals surface area contributed by atoms with Crippen LogP contribution in [-0.2, 0) is 18.4 Å². The summed E-state index contributed by atoms with van der Waals surface area (Å²) in [6.07, 6.45) is -0.277. The summed E-state index contributed by atoms with van der Waals surface area (Å²) >= 11 is 1.49. The van der Waals surface area contributed by atoms with Crippen LogP contribution in [0.1, 0.15) is 34.6 Å². The molecule has 31 heavy (non-hydrogen) atoms. The lowest BCUT2D eigenvalue weighted by Crippen LogP contribution is -2.12. The van der Waals surface area contributed by atoms with E-state index in [1.165, 1.54) is 22.1 Å². The highest BCUT2D eigenvalue weighted by Gasteiger charge is 2.26. The minimum atomic E-state index is -3.06. The van der Waals surface area contributed by atoms with Crippen molar-refractivity contribution in [1.82, 2.24) is 15.0 Å². The van der Waals surface area contributed by atoms with Gasteiger partial charge in [0.15, 0.2) is 5.75 Å². The van der Waals surface area contributed by atoms with E-state index in [0.29, 0.717) is 33.3 Å². The molecule has 0 saturated heterocycles. The third-order valence-electron chi connectivity index (χ3n) is 5.33. The predicted octanol–water partition coefficient (Wildman–Crippen LogP) is 4.19. The lowest BCUT2D eigenvalue weighted by molar-refractivity contribution is -0.137. The Balaban J connectivity index is 1.97. The first-order chi connectivity index (χ1) is 14.8. The zero-order valence-corrected chi connectivity index (χ0v) is 17.5. The van der Waals surface area contributed by atoms with Crippen LogP contribution in [0.15, 0.2) is 29.6 Å². The molecular formula is C21H19F2N3O4S. The number of ether oxygens (including phenoxy) is 1. The van der Waals surface area contributed by atoms with Gasteiger partial charge < -0.3 is 14.9 Å². The first kappa shape index (κ1) is 21.1. The second kappa shape index (κ2) is 8.20. The van der Waals surface area contributed by atoms with Gasteiger partial charge in [-0.15, -0.1) is 16.4 Å². The Bertz CT molecular complexity index is 1280. The summed E-state index contributed by atoms with van der Waals surface area (Å²) in [7, 11) is 1.57. The zero-order valence-electron chi connectivity index (χ0n) is 16.7. The monoisotopic (exact) mass is 447 g/mol. The fourth-order valence-corrected chi connectivity index (χ4v) is 4.86. The van der Waals surface area contributed by atoms with Gasteiger partial charge in [-0.3, -0.25) is 4.79 Å². The number of carboxylic acid groups (broad SMARTS) is 1. The van der Waals surface area contributed by atoms with Gasteiger partial charge in [0.1, 0.15) is 11.0 Å². The van der Waals surface area contributed by atoms with Gasteiger partial charge in [0.25, 0.3) is 0 Å². The van der Waals surface area contributed by atoms with E-state index in [1.807, 2.05) is 17.5 Å². The van der Waals surface area contributed by atoms with Crippen molar-refractivity contribution in [2.75, 3.05) is 0 Å². The van der Waals surface area contributed by atoms with E-state index < -0.39 is 18.5 Å². The Morgan fingerprint density at radius 2 is 2.10 bits per heavy atom. The molecule has 10 heteroatoms. The van der Waals surface area contributed by atoms with Gasteiger partial charge in [0.2, 0.25) is 0 Å². The average molecular weight is 447 g/mol. The smallest absolute Gasteiger partial charge is 0.387 e.